The third-order valence-electron chi connectivity index (χ3n) is 3.15. The van der Waals surface area contributed by atoms with Gasteiger partial charge in [0.15, 0.2) is 0 Å². The van der Waals surface area contributed by atoms with Gasteiger partial charge in [0.05, 0.1) is 6.10 Å². The molecule has 0 aromatic carbocycles. The summed E-state index contributed by atoms with van der Waals surface area (Å²) in [5.41, 5.74) is 0.580. The maximum absolute atomic E-state index is 5.41. The summed E-state index contributed by atoms with van der Waals surface area (Å²) in [5.74, 6) is 0. The molecular formula is C10H19BrO. The molecule has 0 amide bonds. The maximum Gasteiger partial charge on any atom is 0.0574 e. The van der Waals surface area contributed by atoms with E-state index in [0.717, 1.165) is 11.8 Å². The van der Waals surface area contributed by atoms with Crippen molar-refractivity contribution in [1.29, 1.82) is 0 Å². The molecule has 1 atom stereocenters. The highest BCUT2D eigenvalue weighted by molar-refractivity contribution is 9.09. The molecule has 0 spiro atoms. The predicted molar refractivity (Wildman–Crippen MR) is 55.8 cm³/mol. The average molecular weight is 235 g/mol. The van der Waals surface area contributed by atoms with Gasteiger partial charge in [0.2, 0.25) is 0 Å². The smallest absolute Gasteiger partial charge is 0.0574 e. The van der Waals surface area contributed by atoms with Crippen molar-refractivity contribution >= 4 is 15.9 Å². The van der Waals surface area contributed by atoms with E-state index in [9.17, 15) is 0 Å². The number of ether oxygens (including phenoxy) is 1. The van der Waals surface area contributed by atoms with Crippen molar-refractivity contribution in [3.05, 3.63) is 0 Å². The lowest BCUT2D eigenvalue weighted by Gasteiger charge is -2.42. The number of hydrogen-bond donors (Lipinski definition) is 0. The summed E-state index contributed by atoms with van der Waals surface area (Å²) < 4.78 is 5.41. The molecule has 0 aliphatic heterocycles. The van der Waals surface area contributed by atoms with Gasteiger partial charge in [-0.15, -0.1) is 0 Å². The minimum absolute atomic E-state index is 0.475. The molecule has 1 fully saturated rings. The van der Waals surface area contributed by atoms with Crippen LogP contribution in [0, 0.1) is 5.41 Å². The average Bonchev–Trinajstić information content (AvgIpc) is 2.05. The number of halogens is 1. The third kappa shape index (κ3) is 2.23. The van der Waals surface area contributed by atoms with Crippen LogP contribution in [0.1, 0.15) is 39.0 Å². The molecule has 0 aromatic rings. The molecule has 1 nitrogen and oxygen atoms in total. The van der Waals surface area contributed by atoms with Crippen molar-refractivity contribution in [2.45, 2.75) is 45.1 Å². The summed E-state index contributed by atoms with van der Waals surface area (Å²) in [4.78, 5) is 0. The molecule has 1 unspecified atom stereocenters. The van der Waals surface area contributed by atoms with E-state index < -0.39 is 0 Å². The van der Waals surface area contributed by atoms with Gasteiger partial charge in [-0.1, -0.05) is 29.3 Å². The Morgan fingerprint density at radius 3 is 2.42 bits per heavy atom. The molecule has 12 heavy (non-hydrogen) atoms. The molecule has 72 valence electrons. The lowest BCUT2D eigenvalue weighted by atomic mass is 9.67. The molecule has 0 saturated heterocycles. The van der Waals surface area contributed by atoms with Crippen LogP contribution in [-0.2, 0) is 4.74 Å². The normalized spacial score (nSPS) is 23.2. The van der Waals surface area contributed by atoms with E-state index in [1.54, 1.807) is 0 Å². The summed E-state index contributed by atoms with van der Waals surface area (Å²) in [5, 5.41) is 1.15. The monoisotopic (exact) mass is 234 g/mol. The summed E-state index contributed by atoms with van der Waals surface area (Å²) in [7, 11) is 1.83. The van der Waals surface area contributed by atoms with E-state index in [2.05, 4.69) is 22.9 Å². The highest BCUT2D eigenvalue weighted by Gasteiger charge is 2.37. The molecule has 0 radical (unpaired) electrons. The molecule has 1 aliphatic rings. The molecule has 1 aliphatic carbocycles. The van der Waals surface area contributed by atoms with Gasteiger partial charge < -0.3 is 4.74 Å². The van der Waals surface area contributed by atoms with Crippen LogP contribution < -0.4 is 0 Å². The first kappa shape index (κ1) is 10.5. The first-order valence-electron chi connectivity index (χ1n) is 4.85. The highest BCUT2D eigenvalue weighted by atomic mass is 79.9. The number of methoxy groups -OCH3 is 1. The lowest BCUT2D eigenvalue weighted by molar-refractivity contribution is 0.0254. The lowest BCUT2D eigenvalue weighted by Crippen LogP contribution is -2.35. The van der Waals surface area contributed by atoms with Crippen LogP contribution in [0.4, 0.5) is 0 Å². The second kappa shape index (κ2) is 4.61. The second-order valence-corrected chi connectivity index (χ2v) is 4.52. The zero-order chi connectivity index (χ0) is 9.03. The summed E-state index contributed by atoms with van der Waals surface area (Å²) in [6.07, 6.45) is 7.04. The Morgan fingerprint density at radius 2 is 2.17 bits per heavy atom. The predicted octanol–water partition coefficient (Wildman–Crippen LogP) is 3.37. The van der Waals surface area contributed by atoms with E-state index >= 15 is 0 Å². The Bertz CT molecular complexity index is 122. The summed E-state index contributed by atoms with van der Waals surface area (Å²) in [6.45, 7) is 2.20. The molecule has 0 bridgehead atoms. The molecule has 0 aromatic heterocycles. The number of hydrogen-bond acceptors (Lipinski definition) is 1. The van der Waals surface area contributed by atoms with Crippen molar-refractivity contribution in [2.75, 3.05) is 12.4 Å². The van der Waals surface area contributed by atoms with Gasteiger partial charge in [-0.3, -0.25) is 0 Å². The van der Waals surface area contributed by atoms with Gasteiger partial charge in [0.25, 0.3) is 0 Å². The van der Waals surface area contributed by atoms with Gasteiger partial charge in [0, 0.05) is 12.4 Å². The van der Waals surface area contributed by atoms with Crippen LogP contribution >= 0.6 is 15.9 Å². The minimum Gasteiger partial charge on any atom is -0.381 e. The first-order chi connectivity index (χ1) is 5.76. The fraction of sp³-hybridized carbons (Fsp3) is 1.00. The van der Waals surface area contributed by atoms with Crippen molar-refractivity contribution in [3.8, 4) is 0 Å². The Hall–Kier alpha value is 0.440. The van der Waals surface area contributed by atoms with Crippen molar-refractivity contribution in [1.82, 2.24) is 0 Å². The van der Waals surface area contributed by atoms with Crippen LogP contribution in [0.15, 0.2) is 0 Å². The summed E-state index contributed by atoms with van der Waals surface area (Å²) in [6, 6.07) is 0. The SMILES string of the molecule is CCC(CC1(CBr)CCC1)OC. The largest absolute Gasteiger partial charge is 0.381 e. The van der Waals surface area contributed by atoms with Gasteiger partial charge in [-0.2, -0.15) is 0 Å². The van der Waals surface area contributed by atoms with Crippen LogP contribution in [0.25, 0.3) is 0 Å². The molecule has 1 rings (SSSR count). The van der Waals surface area contributed by atoms with Crippen LogP contribution in [0.3, 0.4) is 0 Å². The second-order valence-electron chi connectivity index (χ2n) is 3.96. The fourth-order valence-corrected chi connectivity index (χ4v) is 2.74. The third-order valence-corrected chi connectivity index (χ3v) is 4.34. The Labute approximate surface area is 84.0 Å². The Balaban J connectivity index is 2.35. The standard InChI is InChI=1S/C10H19BrO/c1-3-9(12-2)7-10(8-11)5-4-6-10/h9H,3-8H2,1-2H3. The molecular weight excluding hydrogens is 216 g/mol. The van der Waals surface area contributed by atoms with Gasteiger partial charge in [0.1, 0.15) is 0 Å². The fourth-order valence-electron chi connectivity index (χ4n) is 1.95. The maximum atomic E-state index is 5.41. The van der Waals surface area contributed by atoms with Crippen LogP contribution in [-0.4, -0.2) is 18.5 Å². The van der Waals surface area contributed by atoms with Crippen LogP contribution in [0.5, 0.6) is 0 Å². The van der Waals surface area contributed by atoms with E-state index in [4.69, 9.17) is 4.74 Å². The van der Waals surface area contributed by atoms with Crippen molar-refractivity contribution in [2.24, 2.45) is 5.41 Å². The van der Waals surface area contributed by atoms with Gasteiger partial charge in [-0.25, -0.2) is 0 Å². The van der Waals surface area contributed by atoms with E-state index in [0.29, 0.717) is 11.5 Å². The van der Waals surface area contributed by atoms with E-state index in [1.165, 1.54) is 25.7 Å². The highest BCUT2D eigenvalue weighted by Crippen LogP contribution is 2.46. The molecule has 0 N–H and O–H groups in total. The van der Waals surface area contributed by atoms with E-state index in [1.807, 2.05) is 7.11 Å². The van der Waals surface area contributed by atoms with Crippen molar-refractivity contribution in [3.63, 3.8) is 0 Å². The zero-order valence-electron chi connectivity index (χ0n) is 8.11. The summed E-state index contributed by atoms with van der Waals surface area (Å²) >= 11 is 3.61. The Morgan fingerprint density at radius 1 is 1.50 bits per heavy atom. The van der Waals surface area contributed by atoms with Crippen molar-refractivity contribution < 1.29 is 4.74 Å². The minimum atomic E-state index is 0.475. The topological polar surface area (TPSA) is 9.23 Å². The molecule has 2 heteroatoms. The number of rotatable bonds is 5. The van der Waals surface area contributed by atoms with Crippen LogP contribution in [0.2, 0.25) is 0 Å². The Kier molecular flexibility index (Phi) is 4.04. The van der Waals surface area contributed by atoms with Gasteiger partial charge >= 0.3 is 0 Å². The van der Waals surface area contributed by atoms with Gasteiger partial charge in [-0.05, 0) is 31.1 Å². The molecule has 0 heterocycles. The first-order valence-corrected chi connectivity index (χ1v) is 5.97. The number of alkyl halides is 1. The molecule has 1 saturated carbocycles. The van der Waals surface area contributed by atoms with E-state index in [-0.39, 0.29) is 0 Å². The quantitative estimate of drug-likeness (QED) is 0.664. The zero-order valence-corrected chi connectivity index (χ0v) is 9.69.